The van der Waals surface area contributed by atoms with E-state index in [1.807, 2.05) is 31.2 Å². The lowest BCUT2D eigenvalue weighted by molar-refractivity contribution is 0.0264. The summed E-state index contributed by atoms with van der Waals surface area (Å²) < 4.78 is 11.4. The Balaban J connectivity index is 1.83. The molecule has 2 rings (SSSR count). The molecule has 0 aromatic heterocycles. The van der Waals surface area contributed by atoms with Gasteiger partial charge in [-0.15, -0.1) is 0 Å². The van der Waals surface area contributed by atoms with Crippen LogP contribution in [0.25, 0.3) is 0 Å². The van der Waals surface area contributed by atoms with Gasteiger partial charge in [-0.25, -0.2) is 0 Å². The first kappa shape index (κ1) is 12.4. The van der Waals surface area contributed by atoms with Crippen molar-refractivity contribution in [3.63, 3.8) is 0 Å². The van der Waals surface area contributed by atoms with Crippen molar-refractivity contribution >= 4 is 0 Å². The third-order valence-corrected chi connectivity index (χ3v) is 3.16. The second kappa shape index (κ2) is 5.52. The van der Waals surface area contributed by atoms with E-state index in [1.165, 1.54) is 0 Å². The van der Waals surface area contributed by atoms with E-state index in [9.17, 15) is 0 Å². The molecule has 3 heteroatoms. The van der Waals surface area contributed by atoms with Crippen LogP contribution < -0.4 is 10.5 Å². The summed E-state index contributed by atoms with van der Waals surface area (Å²) in [5, 5.41) is 0. The van der Waals surface area contributed by atoms with Gasteiger partial charge in [0.05, 0.1) is 12.2 Å². The highest BCUT2D eigenvalue weighted by molar-refractivity contribution is 5.28. The second-order valence-electron chi connectivity index (χ2n) is 4.81. The summed E-state index contributed by atoms with van der Waals surface area (Å²) in [4.78, 5) is 0. The van der Waals surface area contributed by atoms with Crippen LogP contribution in [-0.4, -0.2) is 18.8 Å². The normalized spacial score (nSPS) is 25.8. The molecule has 1 fully saturated rings. The van der Waals surface area contributed by atoms with Gasteiger partial charge in [0.1, 0.15) is 12.4 Å². The largest absolute Gasteiger partial charge is 0.491 e. The van der Waals surface area contributed by atoms with E-state index in [2.05, 4.69) is 6.92 Å². The van der Waals surface area contributed by atoms with Crippen LogP contribution in [0.3, 0.4) is 0 Å². The van der Waals surface area contributed by atoms with E-state index in [0.29, 0.717) is 12.7 Å². The molecule has 1 saturated heterocycles. The maximum absolute atomic E-state index is 5.79. The molecule has 1 aromatic carbocycles. The molecule has 0 aliphatic carbocycles. The molecule has 1 heterocycles. The Hall–Kier alpha value is -1.06. The van der Waals surface area contributed by atoms with Crippen molar-refractivity contribution in [3.8, 4) is 5.75 Å². The number of benzene rings is 1. The predicted molar refractivity (Wildman–Crippen MR) is 68.1 cm³/mol. The van der Waals surface area contributed by atoms with Crippen molar-refractivity contribution < 1.29 is 9.47 Å². The van der Waals surface area contributed by atoms with Crippen LogP contribution in [0.15, 0.2) is 24.3 Å². The number of rotatable bonds is 4. The standard InChI is InChI=1S/C14H21NO2/c1-10-3-6-14(17-10)9-16-13-7-4-12(5-8-13)11(2)15/h4-5,7-8,10-11,14H,3,6,9,15H2,1-2H3/t10?,11-,14?/m1/s1. The molecule has 2 N–H and O–H groups in total. The zero-order chi connectivity index (χ0) is 12.3. The summed E-state index contributed by atoms with van der Waals surface area (Å²) in [7, 11) is 0. The molecule has 2 unspecified atom stereocenters. The highest BCUT2D eigenvalue weighted by atomic mass is 16.5. The van der Waals surface area contributed by atoms with Crippen LogP contribution in [0, 0.1) is 0 Å². The van der Waals surface area contributed by atoms with Gasteiger partial charge in [-0.2, -0.15) is 0 Å². The second-order valence-corrected chi connectivity index (χ2v) is 4.81. The molecule has 0 amide bonds. The first-order valence-electron chi connectivity index (χ1n) is 6.29. The lowest BCUT2D eigenvalue weighted by atomic mass is 10.1. The molecule has 1 aliphatic heterocycles. The van der Waals surface area contributed by atoms with Crippen LogP contribution in [0.4, 0.5) is 0 Å². The van der Waals surface area contributed by atoms with Crippen molar-refractivity contribution in [1.29, 1.82) is 0 Å². The van der Waals surface area contributed by atoms with E-state index >= 15 is 0 Å². The van der Waals surface area contributed by atoms with E-state index < -0.39 is 0 Å². The van der Waals surface area contributed by atoms with E-state index in [1.54, 1.807) is 0 Å². The van der Waals surface area contributed by atoms with Crippen LogP contribution >= 0.6 is 0 Å². The van der Waals surface area contributed by atoms with Gasteiger partial charge in [0.2, 0.25) is 0 Å². The molecular weight excluding hydrogens is 214 g/mol. The molecule has 3 nitrogen and oxygen atoms in total. The van der Waals surface area contributed by atoms with E-state index in [-0.39, 0.29) is 12.1 Å². The predicted octanol–water partition coefficient (Wildman–Crippen LogP) is 2.65. The first-order chi connectivity index (χ1) is 8.15. The van der Waals surface area contributed by atoms with Gasteiger partial charge in [-0.05, 0) is 44.4 Å². The molecule has 3 atom stereocenters. The van der Waals surface area contributed by atoms with Crippen molar-refractivity contribution in [2.75, 3.05) is 6.61 Å². The van der Waals surface area contributed by atoms with Crippen molar-refractivity contribution in [1.82, 2.24) is 0 Å². The van der Waals surface area contributed by atoms with Crippen LogP contribution in [0.1, 0.15) is 38.3 Å². The third kappa shape index (κ3) is 3.45. The fourth-order valence-corrected chi connectivity index (χ4v) is 2.06. The van der Waals surface area contributed by atoms with Crippen molar-refractivity contribution in [2.45, 2.75) is 44.9 Å². The van der Waals surface area contributed by atoms with Gasteiger partial charge in [0, 0.05) is 6.04 Å². The van der Waals surface area contributed by atoms with Gasteiger partial charge in [-0.1, -0.05) is 12.1 Å². The zero-order valence-corrected chi connectivity index (χ0v) is 10.6. The average Bonchev–Trinajstić information content (AvgIpc) is 2.73. The Bertz CT molecular complexity index is 348. The SMILES string of the molecule is CC1CCC(COc2ccc([C@@H](C)N)cc2)O1. The Morgan fingerprint density at radius 1 is 1.35 bits per heavy atom. The van der Waals surface area contributed by atoms with Crippen molar-refractivity contribution in [2.24, 2.45) is 5.73 Å². The van der Waals surface area contributed by atoms with Crippen LogP contribution in [0.5, 0.6) is 5.75 Å². The van der Waals surface area contributed by atoms with E-state index in [0.717, 1.165) is 24.2 Å². The van der Waals surface area contributed by atoms with Crippen LogP contribution in [-0.2, 0) is 4.74 Å². The summed E-state index contributed by atoms with van der Waals surface area (Å²) >= 11 is 0. The zero-order valence-electron chi connectivity index (χ0n) is 10.6. The Morgan fingerprint density at radius 2 is 2.06 bits per heavy atom. The maximum atomic E-state index is 5.79. The molecule has 0 radical (unpaired) electrons. The molecule has 0 spiro atoms. The van der Waals surface area contributed by atoms with Gasteiger partial charge < -0.3 is 15.2 Å². The van der Waals surface area contributed by atoms with Crippen LogP contribution in [0.2, 0.25) is 0 Å². The molecule has 1 aromatic rings. The summed E-state index contributed by atoms with van der Waals surface area (Å²) in [6, 6.07) is 8.03. The molecule has 1 aliphatic rings. The summed E-state index contributed by atoms with van der Waals surface area (Å²) in [5.41, 5.74) is 6.92. The third-order valence-electron chi connectivity index (χ3n) is 3.16. The number of hydrogen-bond acceptors (Lipinski definition) is 3. The summed E-state index contributed by atoms with van der Waals surface area (Å²) in [6.07, 6.45) is 2.86. The van der Waals surface area contributed by atoms with E-state index in [4.69, 9.17) is 15.2 Å². The fourth-order valence-electron chi connectivity index (χ4n) is 2.06. The summed E-state index contributed by atoms with van der Waals surface area (Å²) in [5.74, 6) is 0.887. The minimum atomic E-state index is 0.0723. The van der Waals surface area contributed by atoms with Gasteiger partial charge >= 0.3 is 0 Å². The quantitative estimate of drug-likeness (QED) is 0.872. The molecular formula is C14H21NO2. The first-order valence-corrected chi connectivity index (χ1v) is 6.29. The van der Waals surface area contributed by atoms with Crippen molar-refractivity contribution in [3.05, 3.63) is 29.8 Å². The molecule has 17 heavy (non-hydrogen) atoms. The maximum Gasteiger partial charge on any atom is 0.119 e. The average molecular weight is 235 g/mol. The topological polar surface area (TPSA) is 44.5 Å². The minimum Gasteiger partial charge on any atom is -0.491 e. The number of nitrogens with two attached hydrogens (primary N) is 1. The minimum absolute atomic E-state index is 0.0723. The lowest BCUT2D eigenvalue weighted by Gasteiger charge is -2.13. The molecule has 0 saturated carbocycles. The Kier molecular flexibility index (Phi) is 4.02. The lowest BCUT2D eigenvalue weighted by Crippen LogP contribution is -2.17. The van der Waals surface area contributed by atoms with Gasteiger partial charge in [0.15, 0.2) is 0 Å². The number of ether oxygens (including phenoxy) is 2. The Morgan fingerprint density at radius 3 is 2.59 bits per heavy atom. The molecule has 94 valence electrons. The highest BCUT2D eigenvalue weighted by Crippen LogP contribution is 2.21. The summed E-state index contributed by atoms with van der Waals surface area (Å²) in [6.45, 7) is 4.73. The Labute approximate surface area is 103 Å². The molecule has 0 bridgehead atoms. The number of hydrogen-bond donors (Lipinski definition) is 1. The smallest absolute Gasteiger partial charge is 0.119 e. The fraction of sp³-hybridized carbons (Fsp3) is 0.571. The highest BCUT2D eigenvalue weighted by Gasteiger charge is 2.22. The van der Waals surface area contributed by atoms with Gasteiger partial charge in [0.25, 0.3) is 0 Å². The monoisotopic (exact) mass is 235 g/mol. The van der Waals surface area contributed by atoms with Gasteiger partial charge in [-0.3, -0.25) is 0 Å².